The first kappa shape index (κ1) is 12.0. The van der Waals surface area contributed by atoms with Gasteiger partial charge in [-0.2, -0.15) is 5.26 Å². The monoisotopic (exact) mass is 228 g/mol. The van der Waals surface area contributed by atoms with Crippen molar-refractivity contribution in [2.75, 3.05) is 11.9 Å². The first-order chi connectivity index (χ1) is 8.19. The Morgan fingerprint density at radius 2 is 2.24 bits per heavy atom. The highest BCUT2D eigenvalue weighted by Crippen LogP contribution is 2.30. The molecule has 0 bridgehead atoms. The van der Waals surface area contributed by atoms with Crippen LogP contribution in [0.2, 0.25) is 0 Å². The van der Waals surface area contributed by atoms with Crippen molar-refractivity contribution in [1.82, 2.24) is 0 Å². The van der Waals surface area contributed by atoms with Crippen molar-refractivity contribution in [3.05, 3.63) is 29.3 Å². The van der Waals surface area contributed by atoms with E-state index in [0.29, 0.717) is 0 Å². The van der Waals surface area contributed by atoms with E-state index in [4.69, 9.17) is 5.26 Å². The van der Waals surface area contributed by atoms with Gasteiger partial charge in [-0.05, 0) is 49.3 Å². The molecule has 2 nitrogen and oxygen atoms in total. The lowest BCUT2D eigenvalue weighted by atomic mass is 10.1. The molecule has 2 atom stereocenters. The van der Waals surface area contributed by atoms with Gasteiger partial charge in [0.15, 0.2) is 0 Å². The Kier molecular flexibility index (Phi) is 3.68. The van der Waals surface area contributed by atoms with Gasteiger partial charge in [0.2, 0.25) is 0 Å². The molecule has 0 radical (unpaired) electrons. The van der Waals surface area contributed by atoms with Crippen LogP contribution >= 0.6 is 0 Å². The molecule has 1 fully saturated rings. The summed E-state index contributed by atoms with van der Waals surface area (Å²) in [5.41, 5.74) is 2.88. The van der Waals surface area contributed by atoms with E-state index in [-0.39, 0.29) is 0 Å². The van der Waals surface area contributed by atoms with Gasteiger partial charge in [-0.15, -0.1) is 0 Å². The summed E-state index contributed by atoms with van der Waals surface area (Å²) in [6, 6.07) is 8.28. The highest BCUT2D eigenvalue weighted by Gasteiger charge is 2.20. The Labute approximate surface area is 104 Å². The molecule has 2 rings (SSSR count). The van der Waals surface area contributed by atoms with E-state index in [0.717, 1.165) is 35.2 Å². The third-order valence-electron chi connectivity index (χ3n) is 3.68. The first-order valence-electron chi connectivity index (χ1n) is 6.43. The van der Waals surface area contributed by atoms with Crippen LogP contribution in [0.3, 0.4) is 0 Å². The molecule has 1 aliphatic carbocycles. The molecule has 0 aromatic heterocycles. The molecule has 0 aliphatic heterocycles. The summed E-state index contributed by atoms with van der Waals surface area (Å²) in [7, 11) is 0. The van der Waals surface area contributed by atoms with Crippen LogP contribution in [0.1, 0.15) is 37.3 Å². The van der Waals surface area contributed by atoms with Crippen LogP contribution in [0, 0.1) is 30.1 Å². The molecule has 0 amide bonds. The quantitative estimate of drug-likeness (QED) is 0.856. The van der Waals surface area contributed by atoms with Gasteiger partial charge in [0.05, 0.1) is 11.3 Å². The van der Waals surface area contributed by atoms with E-state index < -0.39 is 0 Å². The summed E-state index contributed by atoms with van der Waals surface area (Å²) in [6.07, 6.45) is 3.99. The van der Waals surface area contributed by atoms with E-state index in [1.54, 1.807) is 0 Å². The number of nitrogens with zero attached hydrogens (tertiary/aromatic N) is 1. The molecule has 17 heavy (non-hydrogen) atoms. The number of rotatable bonds is 3. The first-order valence-corrected chi connectivity index (χ1v) is 6.43. The van der Waals surface area contributed by atoms with Crippen molar-refractivity contribution in [3.8, 4) is 6.07 Å². The zero-order valence-electron chi connectivity index (χ0n) is 10.7. The topological polar surface area (TPSA) is 35.8 Å². The third kappa shape index (κ3) is 3.00. The Bertz CT molecular complexity index is 431. The maximum absolute atomic E-state index is 9.09. The molecule has 0 saturated heterocycles. The molecule has 2 heteroatoms. The number of aryl methyl sites for hydroxylation is 1. The van der Waals surface area contributed by atoms with E-state index >= 15 is 0 Å². The number of nitriles is 1. The van der Waals surface area contributed by atoms with Crippen molar-refractivity contribution >= 4 is 5.69 Å². The average molecular weight is 228 g/mol. The molecule has 2 unspecified atom stereocenters. The second kappa shape index (κ2) is 5.23. The van der Waals surface area contributed by atoms with Crippen molar-refractivity contribution in [1.29, 1.82) is 5.26 Å². The van der Waals surface area contributed by atoms with Gasteiger partial charge in [-0.25, -0.2) is 0 Å². The van der Waals surface area contributed by atoms with E-state index in [1.807, 2.05) is 19.1 Å². The number of nitrogens with one attached hydrogen (secondary N) is 1. The Balaban J connectivity index is 1.97. The van der Waals surface area contributed by atoms with Crippen LogP contribution in [0.5, 0.6) is 0 Å². The standard InChI is InChI=1S/C15H20N2/c1-11-3-5-13(7-11)10-17-15-6-4-12(2)8-14(15)9-16/h4,6,8,11,13,17H,3,5,7,10H2,1-2H3. The van der Waals surface area contributed by atoms with Crippen LogP contribution in [0.25, 0.3) is 0 Å². The van der Waals surface area contributed by atoms with Gasteiger partial charge < -0.3 is 5.32 Å². The Hall–Kier alpha value is -1.49. The minimum absolute atomic E-state index is 0.760. The second-order valence-electron chi connectivity index (χ2n) is 5.33. The summed E-state index contributed by atoms with van der Waals surface area (Å²) in [4.78, 5) is 0. The van der Waals surface area contributed by atoms with Crippen LogP contribution in [-0.2, 0) is 0 Å². The fourth-order valence-electron chi connectivity index (χ4n) is 2.67. The predicted octanol–water partition coefficient (Wildman–Crippen LogP) is 3.71. The lowest BCUT2D eigenvalue weighted by molar-refractivity contribution is 0.537. The van der Waals surface area contributed by atoms with Gasteiger partial charge in [-0.1, -0.05) is 19.4 Å². The molecule has 1 aliphatic rings. The maximum atomic E-state index is 9.09. The summed E-state index contributed by atoms with van der Waals surface area (Å²) in [5, 5.41) is 12.5. The molecule has 1 N–H and O–H groups in total. The van der Waals surface area contributed by atoms with Crippen LogP contribution in [0.4, 0.5) is 5.69 Å². The molecule has 1 aromatic rings. The van der Waals surface area contributed by atoms with Crippen molar-refractivity contribution in [2.45, 2.75) is 33.1 Å². The van der Waals surface area contributed by atoms with Gasteiger partial charge in [0.1, 0.15) is 6.07 Å². The number of benzene rings is 1. The fourth-order valence-corrected chi connectivity index (χ4v) is 2.67. The average Bonchev–Trinajstić information content (AvgIpc) is 2.73. The molecule has 1 aromatic carbocycles. The van der Waals surface area contributed by atoms with Crippen LogP contribution in [-0.4, -0.2) is 6.54 Å². The molecular formula is C15H20N2. The highest BCUT2D eigenvalue weighted by atomic mass is 14.9. The van der Waals surface area contributed by atoms with Gasteiger partial charge in [0.25, 0.3) is 0 Å². The lowest BCUT2D eigenvalue weighted by Gasteiger charge is -2.13. The Morgan fingerprint density at radius 1 is 1.41 bits per heavy atom. The molecule has 0 heterocycles. The summed E-state index contributed by atoms with van der Waals surface area (Å²) < 4.78 is 0. The number of anilines is 1. The summed E-state index contributed by atoms with van der Waals surface area (Å²) in [5.74, 6) is 1.65. The molecule has 0 spiro atoms. The second-order valence-corrected chi connectivity index (χ2v) is 5.33. The molecular weight excluding hydrogens is 208 g/mol. The van der Waals surface area contributed by atoms with E-state index in [9.17, 15) is 0 Å². The predicted molar refractivity (Wildman–Crippen MR) is 70.9 cm³/mol. The smallest absolute Gasteiger partial charge is 0.101 e. The lowest BCUT2D eigenvalue weighted by Crippen LogP contribution is -2.12. The van der Waals surface area contributed by atoms with Crippen molar-refractivity contribution < 1.29 is 0 Å². The zero-order chi connectivity index (χ0) is 12.3. The fraction of sp³-hybridized carbons (Fsp3) is 0.533. The molecule has 90 valence electrons. The summed E-state index contributed by atoms with van der Waals surface area (Å²) in [6.45, 7) is 5.35. The normalized spacial score (nSPS) is 23.4. The van der Waals surface area contributed by atoms with Crippen LogP contribution < -0.4 is 5.32 Å². The number of hydrogen-bond donors (Lipinski definition) is 1. The van der Waals surface area contributed by atoms with Crippen LogP contribution in [0.15, 0.2) is 18.2 Å². The maximum Gasteiger partial charge on any atom is 0.101 e. The zero-order valence-corrected chi connectivity index (χ0v) is 10.7. The summed E-state index contributed by atoms with van der Waals surface area (Å²) >= 11 is 0. The van der Waals surface area contributed by atoms with E-state index in [1.165, 1.54) is 19.3 Å². The number of hydrogen-bond acceptors (Lipinski definition) is 2. The van der Waals surface area contributed by atoms with Gasteiger partial charge in [-0.3, -0.25) is 0 Å². The minimum Gasteiger partial charge on any atom is -0.384 e. The highest BCUT2D eigenvalue weighted by molar-refractivity contribution is 5.58. The van der Waals surface area contributed by atoms with Crippen molar-refractivity contribution in [3.63, 3.8) is 0 Å². The largest absolute Gasteiger partial charge is 0.384 e. The third-order valence-corrected chi connectivity index (χ3v) is 3.68. The van der Waals surface area contributed by atoms with Crippen molar-refractivity contribution in [2.24, 2.45) is 11.8 Å². The Morgan fingerprint density at radius 3 is 2.88 bits per heavy atom. The van der Waals surface area contributed by atoms with E-state index in [2.05, 4.69) is 24.4 Å². The molecule has 1 saturated carbocycles. The van der Waals surface area contributed by atoms with Gasteiger partial charge >= 0.3 is 0 Å². The van der Waals surface area contributed by atoms with Gasteiger partial charge in [0, 0.05) is 6.54 Å². The minimum atomic E-state index is 0.760. The SMILES string of the molecule is Cc1ccc(NCC2CCC(C)C2)c(C#N)c1.